The fraction of sp³-hybridized carbons (Fsp3) is 0.367. The molecular formula is C30H35N5O7. The van der Waals surface area contributed by atoms with E-state index in [9.17, 15) is 29.1 Å². The molecule has 1 aliphatic rings. The van der Waals surface area contributed by atoms with Gasteiger partial charge in [0, 0.05) is 36.5 Å². The molecule has 4 rings (SSSR count). The molecule has 12 heteroatoms. The van der Waals surface area contributed by atoms with Crippen LogP contribution in [0.2, 0.25) is 0 Å². The number of nitrogens with one attached hydrogen (secondary N) is 3. The minimum absolute atomic E-state index is 0.133. The molecule has 3 amide bonds. The van der Waals surface area contributed by atoms with Gasteiger partial charge in [0.15, 0.2) is 0 Å². The average molecular weight is 578 g/mol. The van der Waals surface area contributed by atoms with Gasteiger partial charge in [0.05, 0.1) is 6.04 Å². The largest absolute Gasteiger partial charge is 0.481 e. The highest BCUT2D eigenvalue weighted by Gasteiger charge is 2.39. The van der Waals surface area contributed by atoms with Crippen molar-refractivity contribution < 1.29 is 34.2 Å². The van der Waals surface area contributed by atoms with Gasteiger partial charge >= 0.3 is 11.9 Å². The van der Waals surface area contributed by atoms with E-state index in [1.807, 2.05) is 54.6 Å². The number of H-pyrrole nitrogens is 1. The Labute approximate surface area is 242 Å². The fourth-order valence-electron chi connectivity index (χ4n) is 5.26. The van der Waals surface area contributed by atoms with Crippen LogP contribution in [0.15, 0.2) is 60.8 Å². The highest BCUT2D eigenvalue weighted by atomic mass is 16.4. The minimum atomic E-state index is -1.41. The van der Waals surface area contributed by atoms with E-state index in [0.29, 0.717) is 12.8 Å². The average Bonchev–Trinajstić information content (AvgIpc) is 3.62. The summed E-state index contributed by atoms with van der Waals surface area (Å²) in [6.45, 7) is 0.236. The van der Waals surface area contributed by atoms with Crippen molar-refractivity contribution in [3.05, 3.63) is 71.9 Å². The lowest BCUT2D eigenvalue weighted by molar-refractivity contribution is -0.145. The predicted octanol–water partition coefficient (Wildman–Crippen LogP) is 1.19. The van der Waals surface area contributed by atoms with Crippen molar-refractivity contribution in [1.29, 1.82) is 0 Å². The zero-order valence-electron chi connectivity index (χ0n) is 23.0. The van der Waals surface area contributed by atoms with Crippen LogP contribution in [0.5, 0.6) is 0 Å². The lowest BCUT2D eigenvalue weighted by Gasteiger charge is -2.30. The number of fused-ring (bicyclic) bond motifs is 1. The summed E-state index contributed by atoms with van der Waals surface area (Å²) in [6, 6.07) is 12.5. The van der Waals surface area contributed by atoms with Crippen molar-refractivity contribution >= 4 is 40.6 Å². The third-order valence-corrected chi connectivity index (χ3v) is 7.45. The predicted molar refractivity (Wildman–Crippen MR) is 153 cm³/mol. The van der Waals surface area contributed by atoms with E-state index in [4.69, 9.17) is 10.8 Å². The topological polar surface area (TPSA) is 195 Å². The molecule has 0 radical (unpaired) electrons. The number of carbonyl (C=O) groups is 5. The highest BCUT2D eigenvalue weighted by Crippen LogP contribution is 2.23. The molecule has 42 heavy (non-hydrogen) atoms. The Kier molecular flexibility index (Phi) is 9.92. The zero-order chi connectivity index (χ0) is 30.2. The van der Waals surface area contributed by atoms with Crippen molar-refractivity contribution in [1.82, 2.24) is 20.5 Å². The number of hydrogen-bond acceptors (Lipinski definition) is 6. The number of nitrogens with zero attached hydrogens (tertiary/aromatic N) is 1. The van der Waals surface area contributed by atoms with Gasteiger partial charge in [-0.15, -0.1) is 0 Å². The lowest BCUT2D eigenvalue weighted by Crippen LogP contribution is -2.57. The summed E-state index contributed by atoms with van der Waals surface area (Å²) in [4.78, 5) is 67.4. The Balaban J connectivity index is 1.53. The molecule has 3 aromatic rings. The smallest absolute Gasteiger partial charge is 0.326 e. The number of carbonyl (C=O) groups excluding carboxylic acids is 3. The molecule has 1 saturated heterocycles. The number of likely N-dealkylation sites (tertiary alicyclic amines) is 1. The van der Waals surface area contributed by atoms with E-state index in [1.54, 1.807) is 6.20 Å². The SMILES string of the molecule is NC(Cc1ccccc1)C(=O)NC(Cc1c[nH]c2ccccc12)C(=O)N1CCCC1C(=O)NC(CCC(=O)O)C(=O)O. The number of carboxylic acids is 2. The fourth-order valence-corrected chi connectivity index (χ4v) is 5.26. The van der Waals surface area contributed by atoms with E-state index in [0.717, 1.165) is 22.0 Å². The maximum absolute atomic E-state index is 14.0. The first-order valence-corrected chi connectivity index (χ1v) is 13.8. The van der Waals surface area contributed by atoms with Gasteiger partial charge in [0.1, 0.15) is 18.1 Å². The molecule has 0 spiro atoms. The number of benzene rings is 2. The molecule has 0 saturated carbocycles. The van der Waals surface area contributed by atoms with Crippen LogP contribution in [0.25, 0.3) is 10.9 Å². The third kappa shape index (κ3) is 7.52. The number of carboxylic acid groups (broad SMARTS) is 2. The Morgan fingerprint density at radius 1 is 0.952 bits per heavy atom. The molecule has 1 aromatic heterocycles. The second-order valence-corrected chi connectivity index (χ2v) is 10.4. The van der Waals surface area contributed by atoms with Crippen molar-refractivity contribution in [2.45, 2.75) is 62.7 Å². The molecule has 0 bridgehead atoms. The first-order chi connectivity index (χ1) is 20.1. The molecular weight excluding hydrogens is 542 g/mol. The molecule has 12 nitrogen and oxygen atoms in total. The number of hydrogen-bond donors (Lipinski definition) is 6. The molecule has 2 heterocycles. The first-order valence-electron chi connectivity index (χ1n) is 13.8. The van der Waals surface area contributed by atoms with E-state index in [2.05, 4.69) is 15.6 Å². The van der Waals surface area contributed by atoms with Gasteiger partial charge in [-0.25, -0.2) is 4.79 Å². The molecule has 2 aromatic carbocycles. The van der Waals surface area contributed by atoms with Gasteiger partial charge in [-0.2, -0.15) is 0 Å². The minimum Gasteiger partial charge on any atom is -0.481 e. The van der Waals surface area contributed by atoms with Crippen LogP contribution in [0, 0.1) is 0 Å². The van der Waals surface area contributed by atoms with Crippen LogP contribution in [0.3, 0.4) is 0 Å². The van der Waals surface area contributed by atoms with Crippen LogP contribution in [0.1, 0.15) is 36.8 Å². The second-order valence-electron chi connectivity index (χ2n) is 10.4. The normalized spacial score (nSPS) is 16.9. The van der Waals surface area contributed by atoms with Gasteiger partial charge in [-0.05, 0) is 42.9 Å². The van der Waals surface area contributed by atoms with Gasteiger partial charge in [0.25, 0.3) is 0 Å². The van der Waals surface area contributed by atoms with Gasteiger partial charge < -0.3 is 36.5 Å². The first kappa shape index (κ1) is 30.3. The summed E-state index contributed by atoms with van der Waals surface area (Å²) in [5, 5.41) is 24.5. The van der Waals surface area contributed by atoms with E-state index in [1.165, 1.54) is 4.90 Å². The summed E-state index contributed by atoms with van der Waals surface area (Å²) in [6.07, 6.45) is 2.23. The maximum atomic E-state index is 14.0. The van der Waals surface area contributed by atoms with Gasteiger partial charge in [-0.3, -0.25) is 19.2 Å². The molecule has 0 aliphatic carbocycles. The Morgan fingerprint density at radius 2 is 1.67 bits per heavy atom. The monoisotopic (exact) mass is 577 g/mol. The maximum Gasteiger partial charge on any atom is 0.326 e. The van der Waals surface area contributed by atoms with Crippen molar-refractivity contribution in [3.63, 3.8) is 0 Å². The summed E-state index contributed by atoms with van der Waals surface area (Å²) < 4.78 is 0. The van der Waals surface area contributed by atoms with E-state index < -0.39 is 60.2 Å². The quantitative estimate of drug-likeness (QED) is 0.174. The van der Waals surface area contributed by atoms with Crippen molar-refractivity contribution in [2.75, 3.05) is 6.54 Å². The van der Waals surface area contributed by atoms with Crippen LogP contribution < -0.4 is 16.4 Å². The Bertz CT molecular complexity index is 1440. The van der Waals surface area contributed by atoms with Crippen molar-refractivity contribution in [2.24, 2.45) is 5.73 Å². The molecule has 1 aliphatic heterocycles. The second kappa shape index (κ2) is 13.8. The number of rotatable bonds is 13. The number of aromatic nitrogens is 1. The van der Waals surface area contributed by atoms with Crippen molar-refractivity contribution in [3.8, 4) is 0 Å². The number of amides is 3. The summed E-state index contributed by atoms with van der Waals surface area (Å²) in [7, 11) is 0. The Morgan fingerprint density at radius 3 is 2.38 bits per heavy atom. The van der Waals surface area contributed by atoms with E-state index in [-0.39, 0.29) is 25.8 Å². The zero-order valence-corrected chi connectivity index (χ0v) is 23.0. The third-order valence-electron chi connectivity index (χ3n) is 7.45. The molecule has 222 valence electrons. The van der Waals surface area contributed by atoms with Crippen LogP contribution in [-0.2, 0) is 36.8 Å². The summed E-state index contributed by atoms with van der Waals surface area (Å²) in [5.41, 5.74) is 8.74. The molecule has 1 fully saturated rings. The summed E-state index contributed by atoms with van der Waals surface area (Å²) in [5.74, 6) is -4.24. The highest BCUT2D eigenvalue weighted by molar-refractivity contribution is 5.95. The van der Waals surface area contributed by atoms with Gasteiger partial charge in [0.2, 0.25) is 17.7 Å². The van der Waals surface area contributed by atoms with Gasteiger partial charge in [-0.1, -0.05) is 48.5 Å². The number of aliphatic carboxylic acids is 2. The Hall–Kier alpha value is -4.71. The lowest BCUT2D eigenvalue weighted by atomic mass is 10.0. The molecule has 4 unspecified atom stereocenters. The van der Waals surface area contributed by atoms with Crippen LogP contribution >= 0.6 is 0 Å². The van der Waals surface area contributed by atoms with Crippen LogP contribution in [0.4, 0.5) is 0 Å². The van der Waals surface area contributed by atoms with Crippen LogP contribution in [-0.4, -0.2) is 80.5 Å². The number of para-hydroxylation sites is 1. The molecule has 4 atom stereocenters. The number of aromatic amines is 1. The number of nitrogens with two attached hydrogens (primary N) is 1. The summed E-state index contributed by atoms with van der Waals surface area (Å²) >= 11 is 0. The van der Waals surface area contributed by atoms with E-state index >= 15 is 0 Å². The standard InChI is InChI=1S/C30H35N5O7/c31-21(15-18-7-2-1-3-8-18)27(38)34-24(16-19-17-32-22-10-5-4-9-20(19)22)29(40)35-14-6-11-25(35)28(39)33-23(30(41)42)12-13-26(36)37/h1-5,7-10,17,21,23-25,32H,6,11-16,31H2,(H,33,39)(H,34,38)(H,36,37)(H,41,42). The molecule has 7 N–H and O–H groups in total.